The smallest absolute Gasteiger partial charge is 0.100 e. The quantitative estimate of drug-likeness (QED) is 0.678. The third-order valence-corrected chi connectivity index (χ3v) is 6.27. The fourth-order valence-electron chi connectivity index (χ4n) is 2.53. The van der Waals surface area contributed by atoms with E-state index in [9.17, 15) is 5.26 Å². The lowest BCUT2D eigenvalue weighted by atomic mass is 10.2. The van der Waals surface area contributed by atoms with E-state index in [4.69, 9.17) is 0 Å². The molecule has 0 heterocycles. The monoisotopic (exact) mass is 301 g/mol. The number of hydrogen-bond acceptors (Lipinski definition) is 1. The third-order valence-electron chi connectivity index (χ3n) is 3.55. The maximum Gasteiger partial charge on any atom is 0.100 e. The maximum absolute atomic E-state index is 9.81. The molecule has 3 rings (SSSR count). The Bertz CT molecular complexity index is 774. The standard InChI is InChI=1S/C20H16NP/c21-16-20(17-10-4-1-5-11-17)22(18-12-6-2-7-13-18)19-14-8-3-9-15-19/h1-15,22H. The Labute approximate surface area is 131 Å². The van der Waals surface area contributed by atoms with Gasteiger partial charge in [0.05, 0.1) is 5.29 Å². The molecule has 2 heteroatoms. The van der Waals surface area contributed by atoms with Crippen LogP contribution in [0.3, 0.4) is 0 Å². The second kappa shape index (κ2) is 6.94. The Kier molecular flexibility index (Phi) is 4.54. The highest BCUT2D eigenvalue weighted by atomic mass is 31.1. The highest BCUT2D eigenvalue weighted by molar-refractivity contribution is 7.74. The van der Waals surface area contributed by atoms with Crippen LogP contribution in [-0.4, -0.2) is 5.29 Å². The van der Waals surface area contributed by atoms with Crippen molar-refractivity contribution < 1.29 is 0 Å². The van der Waals surface area contributed by atoms with Crippen molar-refractivity contribution in [1.82, 2.24) is 0 Å². The van der Waals surface area contributed by atoms with Crippen LogP contribution in [0.2, 0.25) is 0 Å². The molecule has 0 radical (unpaired) electrons. The summed E-state index contributed by atoms with van der Waals surface area (Å²) in [5.74, 6) is 0. The summed E-state index contributed by atoms with van der Waals surface area (Å²) in [7, 11) is -1.29. The van der Waals surface area contributed by atoms with E-state index in [1.54, 1.807) is 0 Å². The predicted octanol–water partition coefficient (Wildman–Crippen LogP) is 3.60. The van der Waals surface area contributed by atoms with Crippen LogP contribution < -0.4 is 10.6 Å². The molecular formula is C20H16NP. The van der Waals surface area contributed by atoms with Crippen molar-refractivity contribution in [3.63, 3.8) is 0 Å². The molecule has 0 N–H and O–H groups in total. The van der Waals surface area contributed by atoms with Gasteiger partial charge in [0.25, 0.3) is 0 Å². The average Bonchev–Trinajstić information content (AvgIpc) is 2.62. The molecule has 0 aromatic heterocycles. The molecule has 0 aliphatic carbocycles. The molecule has 0 fully saturated rings. The minimum atomic E-state index is -1.29. The third kappa shape index (κ3) is 3.03. The van der Waals surface area contributed by atoms with E-state index in [1.165, 1.54) is 10.6 Å². The van der Waals surface area contributed by atoms with E-state index in [0.29, 0.717) is 0 Å². The zero-order valence-electron chi connectivity index (χ0n) is 12.1. The molecule has 0 bridgehead atoms. The van der Waals surface area contributed by atoms with Gasteiger partial charge >= 0.3 is 0 Å². The molecule has 106 valence electrons. The Morgan fingerprint density at radius 3 is 1.45 bits per heavy atom. The summed E-state index contributed by atoms with van der Waals surface area (Å²) >= 11 is 0. The van der Waals surface area contributed by atoms with E-state index in [-0.39, 0.29) is 0 Å². The molecule has 3 aromatic rings. The zero-order valence-corrected chi connectivity index (χ0v) is 13.1. The van der Waals surface area contributed by atoms with E-state index >= 15 is 0 Å². The second-order valence-electron chi connectivity index (χ2n) is 4.96. The predicted molar refractivity (Wildman–Crippen MR) is 96.6 cm³/mol. The Morgan fingerprint density at radius 1 is 0.636 bits per heavy atom. The van der Waals surface area contributed by atoms with E-state index in [2.05, 4.69) is 30.3 Å². The summed E-state index contributed by atoms with van der Waals surface area (Å²) in [6, 6.07) is 33.2. The van der Waals surface area contributed by atoms with Gasteiger partial charge in [-0.1, -0.05) is 91.0 Å². The van der Waals surface area contributed by atoms with Gasteiger partial charge in [-0.15, -0.1) is 0 Å². The lowest BCUT2D eigenvalue weighted by Crippen LogP contribution is -2.13. The van der Waals surface area contributed by atoms with Crippen LogP contribution in [0.4, 0.5) is 0 Å². The van der Waals surface area contributed by atoms with Gasteiger partial charge in [-0.3, -0.25) is 0 Å². The van der Waals surface area contributed by atoms with Gasteiger partial charge in [-0.05, 0) is 23.7 Å². The Balaban J connectivity index is 2.30. The molecule has 0 aliphatic heterocycles. The number of hydrogen-bond donors (Lipinski definition) is 0. The fourth-order valence-corrected chi connectivity index (χ4v) is 5.06. The van der Waals surface area contributed by atoms with Gasteiger partial charge in [-0.2, -0.15) is 5.26 Å². The van der Waals surface area contributed by atoms with Gasteiger partial charge in [0.2, 0.25) is 0 Å². The molecule has 3 aromatic carbocycles. The van der Waals surface area contributed by atoms with Crippen molar-refractivity contribution in [2.24, 2.45) is 0 Å². The molecule has 1 nitrogen and oxygen atoms in total. The van der Waals surface area contributed by atoms with Crippen molar-refractivity contribution in [2.45, 2.75) is 0 Å². The number of rotatable bonds is 3. The number of nitriles is 1. The Hall–Kier alpha value is -2.55. The highest BCUT2D eigenvalue weighted by Crippen LogP contribution is 2.27. The van der Waals surface area contributed by atoms with Crippen LogP contribution in [0.15, 0.2) is 91.0 Å². The van der Waals surface area contributed by atoms with Crippen molar-refractivity contribution in [3.05, 3.63) is 96.6 Å². The van der Waals surface area contributed by atoms with Crippen LogP contribution in [0.5, 0.6) is 0 Å². The Morgan fingerprint density at radius 2 is 1.05 bits per heavy atom. The summed E-state index contributed by atoms with van der Waals surface area (Å²) in [5, 5.41) is 13.2. The van der Waals surface area contributed by atoms with Gasteiger partial charge in [0, 0.05) is 0 Å². The van der Waals surface area contributed by atoms with Gasteiger partial charge < -0.3 is 0 Å². The zero-order chi connectivity index (χ0) is 15.2. The fraction of sp³-hybridized carbons (Fsp3) is 0. The molecule has 0 aliphatic rings. The SMILES string of the molecule is N#CC(c1ccccc1)=[PH](c1ccccc1)c1ccccc1. The molecular weight excluding hydrogens is 285 g/mol. The number of benzene rings is 3. The van der Waals surface area contributed by atoms with Crippen molar-refractivity contribution >= 4 is 23.4 Å². The molecule has 0 saturated carbocycles. The number of nitrogens with zero attached hydrogens (tertiary/aromatic N) is 1. The van der Waals surface area contributed by atoms with Crippen molar-refractivity contribution in [1.29, 1.82) is 5.26 Å². The lowest BCUT2D eigenvalue weighted by molar-refractivity contribution is 1.55. The van der Waals surface area contributed by atoms with E-state index in [1.807, 2.05) is 66.7 Å². The molecule has 0 amide bonds. The second-order valence-corrected chi connectivity index (χ2v) is 7.36. The first-order valence-corrected chi connectivity index (χ1v) is 8.71. The van der Waals surface area contributed by atoms with Crippen LogP contribution >= 0.6 is 7.55 Å². The first-order valence-electron chi connectivity index (χ1n) is 7.21. The summed E-state index contributed by atoms with van der Waals surface area (Å²) in [6.07, 6.45) is 0. The minimum Gasteiger partial charge on any atom is -0.192 e. The highest BCUT2D eigenvalue weighted by Gasteiger charge is 2.11. The molecule has 0 atom stereocenters. The van der Waals surface area contributed by atoms with E-state index in [0.717, 1.165) is 10.9 Å². The summed E-state index contributed by atoms with van der Waals surface area (Å²) in [4.78, 5) is 0. The summed E-state index contributed by atoms with van der Waals surface area (Å²) in [6.45, 7) is 0. The maximum atomic E-state index is 9.81. The molecule has 0 spiro atoms. The van der Waals surface area contributed by atoms with Gasteiger partial charge in [0.15, 0.2) is 0 Å². The van der Waals surface area contributed by atoms with Crippen LogP contribution in [0.25, 0.3) is 0 Å². The van der Waals surface area contributed by atoms with Gasteiger partial charge in [-0.25, -0.2) is 0 Å². The average molecular weight is 301 g/mol. The van der Waals surface area contributed by atoms with Gasteiger partial charge in [0.1, 0.15) is 6.07 Å². The van der Waals surface area contributed by atoms with Crippen LogP contribution in [0, 0.1) is 11.3 Å². The van der Waals surface area contributed by atoms with Crippen molar-refractivity contribution in [2.75, 3.05) is 0 Å². The lowest BCUT2D eigenvalue weighted by Gasteiger charge is -2.13. The van der Waals surface area contributed by atoms with Crippen LogP contribution in [-0.2, 0) is 0 Å². The largest absolute Gasteiger partial charge is 0.192 e. The topological polar surface area (TPSA) is 23.8 Å². The first kappa shape index (κ1) is 14.4. The molecule has 22 heavy (non-hydrogen) atoms. The first-order chi connectivity index (χ1) is 10.9. The van der Waals surface area contributed by atoms with E-state index < -0.39 is 7.55 Å². The summed E-state index contributed by atoms with van der Waals surface area (Å²) < 4.78 is 0. The van der Waals surface area contributed by atoms with Crippen LogP contribution in [0.1, 0.15) is 5.56 Å². The van der Waals surface area contributed by atoms with Crippen molar-refractivity contribution in [3.8, 4) is 6.07 Å². The summed E-state index contributed by atoms with van der Waals surface area (Å²) in [5.41, 5.74) is 1.02. The normalized spacial score (nSPS) is 10.2. The molecule has 0 unspecified atom stereocenters. The minimum absolute atomic E-state index is 0.878. The molecule has 0 saturated heterocycles.